The molecule has 114 valence electrons. The molecule has 0 saturated carbocycles. The molecular weight excluding hydrogens is 272 g/mol. The Morgan fingerprint density at radius 3 is 2.62 bits per heavy atom. The van der Waals surface area contributed by atoms with Gasteiger partial charge in [-0.3, -0.25) is 18.8 Å². The number of aromatic nitrogens is 4. The topological polar surface area (TPSA) is 87.9 Å². The van der Waals surface area contributed by atoms with Gasteiger partial charge in [-0.25, -0.2) is 9.78 Å². The van der Waals surface area contributed by atoms with Crippen LogP contribution in [0.4, 0.5) is 0 Å². The van der Waals surface area contributed by atoms with E-state index >= 15 is 0 Å². The first-order chi connectivity index (χ1) is 10.1. The maximum atomic E-state index is 12.3. The zero-order valence-corrected chi connectivity index (χ0v) is 12.3. The lowest BCUT2D eigenvalue weighted by Gasteiger charge is -2.26. The number of hydrogen-bond acceptors (Lipinski definition) is 5. The van der Waals surface area contributed by atoms with Crippen LogP contribution in [0.1, 0.15) is 12.7 Å². The van der Waals surface area contributed by atoms with E-state index in [0.29, 0.717) is 24.3 Å². The summed E-state index contributed by atoms with van der Waals surface area (Å²) in [4.78, 5) is 34.2. The van der Waals surface area contributed by atoms with Crippen molar-refractivity contribution in [2.24, 2.45) is 7.05 Å². The number of imidazole rings is 1. The van der Waals surface area contributed by atoms with E-state index in [9.17, 15) is 9.59 Å². The van der Waals surface area contributed by atoms with Gasteiger partial charge in [0.25, 0.3) is 5.56 Å². The Hall–Kier alpha value is -1.93. The van der Waals surface area contributed by atoms with Gasteiger partial charge in [-0.2, -0.15) is 0 Å². The van der Waals surface area contributed by atoms with Gasteiger partial charge in [0, 0.05) is 39.8 Å². The molecule has 0 aromatic carbocycles. The monoisotopic (exact) mass is 292 g/mol. The van der Waals surface area contributed by atoms with Crippen LogP contribution < -0.4 is 16.6 Å². The summed E-state index contributed by atoms with van der Waals surface area (Å²) in [6.45, 7) is 6.63. The summed E-state index contributed by atoms with van der Waals surface area (Å²) in [7, 11) is 1.64. The summed E-state index contributed by atoms with van der Waals surface area (Å²) in [5.74, 6) is 0.729. The molecule has 0 aliphatic carbocycles. The summed E-state index contributed by atoms with van der Waals surface area (Å²) in [5, 5.41) is 3.30. The van der Waals surface area contributed by atoms with E-state index in [0.717, 1.165) is 32.0 Å². The first-order valence-electron chi connectivity index (χ1n) is 7.23. The van der Waals surface area contributed by atoms with Crippen molar-refractivity contribution >= 4 is 11.2 Å². The quantitative estimate of drug-likeness (QED) is 0.746. The number of rotatable bonds is 3. The standard InChI is InChI=1S/C13H20N6O2/c1-3-19-12(20)10-11(17(2)13(19)21)16-9(15-10)8-18-6-4-14-5-7-18/h14H,3-8H2,1-2H3,(H,15,16). The van der Waals surface area contributed by atoms with Crippen molar-refractivity contribution in [2.75, 3.05) is 26.2 Å². The van der Waals surface area contributed by atoms with Crippen LogP contribution in [-0.4, -0.2) is 50.2 Å². The van der Waals surface area contributed by atoms with E-state index in [-0.39, 0.29) is 11.2 Å². The third-order valence-corrected chi connectivity index (χ3v) is 3.93. The van der Waals surface area contributed by atoms with E-state index in [1.54, 1.807) is 14.0 Å². The molecule has 1 fully saturated rings. The molecule has 2 aromatic rings. The average Bonchev–Trinajstić information content (AvgIpc) is 2.91. The van der Waals surface area contributed by atoms with Crippen molar-refractivity contribution in [2.45, 2.75) is 20.0 Å². The van der Waals surface area contributed by atoms with Gasteiger partial charge in [0.15, 0.2) is 5.65 Å². The molecule has 0 amide bonds. The van der Waals surface area contributed by atoms with Gasteiger partial charge < -0.3 is 10.3 Å². The SMILES string of the molecule is CCn1c(=O)c2[nH]c(CN3CCNCC3)nc2n(C)c1=O. The van der Waals surface area contributed by atoms with E-state index in [2.05, 4.69) is 20.2 Å². The van der Waals surface area contributed by atoms with Crippen molar-refractivity contribution in [3.63, 3.8) is 0 Å². The van der Waals surface area contributed by atoms with Crippen molar-refractivity contribution in [3.05, 3.63) is 26.7 Å². The van der Waals surface area contributed by atoms with Crippen molar-refractivity contribution in [1.29, 1.82) is 0 Å². The molecule has 8 nitrogen and oxygen atoms in total. The molecule has 0 radical (unpaired) electrons. The third-order valence-electron chi connectivity index (χ3n) is 3.93. The van der Waals surface area contributed by atoms with Crippen molar-refractivity contribution < 1.29 is 0 Å². The Morgan fingerprint density at radius 2 is 1.95 bits per heavy atom. The number of fused-ring (bicyclic) bond motifs is 1. The third kappa shape index (κ3) is 2.40. The summed E-state index contributed by atoms with van der Waals surface area (Å²) in [6.07, 6.45) is 0. The molecule has 0 spiro atoms. The predicted octanol–water partition coefficient (Wildman–Crippen LogP) is -1.15. The van der Waals surface area contributed by atoms with Crippen molar-refractivity contribution in [1.82, 2.24) is 29.3 Å². The highest BCUT2D eigenvalue weighted by Gasteiger charge is 2.17. The molecule has 8 heteroatoms. The Balaban J connectivity index is 2.03. The Labute approximate surface area is 121 Å². The fourth-order valence-electron chi connectivity index (χ4n) is 2.73. The number of nitrogens with zero attached hydrogens (tertiary/aromatic N) is 4. The lowest BCUT2D eigenvalue weighted by Crippen LogP contribution is -2.43. The predicted molar refractivity (Wildman–Crippen MR) is 79.4 cm³/mol. The maximum Gasteiger partial charge on any atom is 0.332 e. The number of hydrogen-bond donors (Lipinski definition) is 2. The highest BCUT2D eigenvalue weighted by atomic mass is 16.2. The largest absolute Gasteiger partial charge is 0.335 e. The smallest absolute Gasteiger partial charge is 0.332 e. The van der Waals surface area contributed by atoms with Gasteiger partial charge in [0.2, 0.25) is 0 Å². The van der Waals surface area contributed by atoms with E-state index < -0.39 is 0 Å². The second kappa shape index (κ2) is 5.45. The molecular formula is C13H20N6O2. The minimum absolute atomic E-state index is 0.297. The van der Waals surface area contributed by atoms with Crippen LogP contribution in [0.15, 0.2) is 9.59 Å². The maximum absolute atomic E-state index is 12.3. The molecule has 2 N–H and O–H groups in total. The van der Waals surface area contributed by atoms with Crippen LogP contribution in [0.3, 0.4) is 0 Å². The second-order valence-corrected chi connectivity index (χ2v) is 5.30. The first kappa shape index (κ1) is 14.0. The number of aryl methyl sites for hydroxylation is 1. The minimum Gasteiger partial charge on any atom is -0.335 e. The number of aromatic amines is 1. The highest BCUT2D eigenvalue weighted by molar-refractivity contribution is 5.69. The van der Waals surface area contributed by atoms with Crippen LogP contribution in [0, 0.1) is 0 Å². The Morgan fingerprint density at radius 1 is 1.24 bits per heavy atom. The lowest BCUT2D eigenvalue weighted by molar-refractivity contribution is 0.228. The number of nitrogens with one attached hydrogen (secondary N) is 2. The van der Waals surface area contributed by atoms with Gasteiger partial charge in [0.1, 0.15) is 11.3 Å². The first-order valence-corrected chi connectivity index (χ1v) is 7.23. The fourth-order valence-corrected chi connectivity index (χ4v) is 2.73. The summed E-state index contributed by atoms with van der Waals surface area (Å²) in [5.41, 5.74) is 0.216. The average molecular weight is 292 g/mol. The zero-order chi connectivity index (χ0) is 15.0. The fraction of sp³-hybridized carbons (Fsp3) is 0.615. The number of piperazine rings is 1. The molecule has 3 heterocycles. The minimum atomic E-state index is -0.324. The molecule has 21 heavy (non-hydrogen) atoms. The van der Waals surface area contributed by atoms with Gasteiger partial charge in [-0.15, -0.1) is 0 Å². The molecule has 1 aliphatic heterocycles. The molecule has 1 aliphatic rings. The van der Waals surface area contributed by atoms with Crippen LogP contribution in [0.5, 0.6) is 0 Å². The van der Waals surface area contributed by atoms with Crippen LogP contribution in [0.2, 0.25) is 0 Å². The second-order valence-electron chi connectivity index (χ2n) is 5.30. The Bertz CT molecular complexity index is 765. The normalized spacial score (nSPS) is 16.7. The Kier molecular flexibility index (Phi) is 3.64. The van der Waals surface area contributed by atoms with E-state index in [1.807, 2.05) is 0 Å². The van der Waals surface area contributed by atoms with Gasteiger partial charge in [-0.05, 0) is 6.92 Å². The highest BCUT2D eigenvalue weighted by Crippen LogP contribution is 2.07. The summed E-state index contributed by atoms with van der Waals surface area (Å²) in [6, 6.07) is 0. The number of H-pyrrole nitrogens is 1. The summed E-state index contributed by atoms with van der Waals surface area (Å²) >= 11 is 0. The van der Waals surface area contributed by atoms with E-state index in [1.165, 1.54) is 9.13 Å². The van der Waals surface area contributed by atoms with Gasteiger partial charge >= 0.3 is 5.69 Å². The molecule has 0 atom stereocenters. The van der Waals surface area contributed by atoms with Crippen LogP contribution >= 0.6 is 0 Å². The van der Waals surface area contributed by atoms with Crippen LogP contribution in [-0.2, 0) is 20.1 Å². The lowest BCUT2D eigenvalue weighted by atomic mass is 10.3. The van der Waals surface area contributed by atoms with Gasteiger partial charge in [-0.1, -0.05) is 0 Å². The van der Waals surface area contributed by atoms with Gasteiger partial charge in [0.05, 0.1) is 6.54 Å². The molecule has 0 bridgehead atoms. The zero-order valence-electron chi connectivity index (χ0n) is 12.3. The molecule has 3 rings (SSSR count). The van der Waals surface area contributed by atoms with Crippen molar-refractivity contribution in [3.8, 4) is 0 Å². The van der Waals surface area contributed by atoms with E-state index in [4.69, 9.17) is 0 Å². The summed E-state index contributed by atoms with van der Waals surface area (Å²) < 4.78 is 2.65. The molecule has 2 aromatic heterocycles. The molecule has 1 saturated heterocycles. The molecule has 0 unspecified atom stereocenters. The van der Waals surface area contributed by atoms with Crippen LogP contribution in [0.25, 0.3) is 11.2 Å².